The number of hydrogen-bond donors (Lipinski definition) is 0. The van der Waals surface area contributed by atoms with Crippen molar-refractivity contribution in [3.8, 4) is 22.3 Å². The minimum absolute atomic E-state index is 0.00973. The molecule has 13 rings (SSSR count). The highest BCUT2D eigenvalue weighted by molar-refractivity contribution is 7.05. The monoisotopic (exact) mass is 912 g/mol. The number of carbonyl (C=O) groups excluding carboxylic acids is 2. The Bertz CT molecular complexity index is 3650. The number of aldehydes is 2. The molecular formula is C64H51B3N2O2. The molecule has 9 aromatic carbocycles. The molecule has 4 aliphatic heterocycles. The van der Waals surface area contributed by atoms with Gasteiger partial charge >= 0.3 is 0 Å². The van der Waals surface area contributed by atoms with Crippen LogP contribution in [-0.4, -0.2) is 32.7 Å². The standard InChI is InChI=1S/C64H51B3N2O2/c1-63(2,3)46-26-30-48(31-27-46)65-50-12-7-9-16-56(50)68-58-36-45(43-24-20-41(39-71)21-25-43)37-59-60(58)67(53-15-11-14-52(65)61(53)68)55-35-44(42-22-18-40(38-70)19-23-42)34-54-62(55)69(59)57-17-10-8-13-51(57)66(54)49-32-28-47(29-33-49)64(4,5)6/h7-39H,1-6H3. The first-order valence-corrected chi connectivity index (χ1v) is 25.0. The fourth-order valence-electron chi connectivity index (χ4n) is 12.3. The largest absolute Gasteiger partial charge is 0.312 e. The Hall–Kier alpha value is -7.89. The minimum atomic E-state index is -0.125. The van der Waals surface area contributed by atoms with Crippen molar-refractivity contribution in [1.29, 1.82) is 0 Å². The molecule has 4 aliphatic rings. The van der Waals surface area contributed by atoms with Crippen LogP contribution in [0.4, 0.5) is 34.1 Å². The molecule has 0 aliphatic carbocycles. The van der Waals surface area contributed by atoms with Crippen LogP contribution in [0, 0.1) is 0 Å². The summed E-state index contributed by atoms with van der Waals surface area (Å²) in [6.45, 7) is 13.5. The van der Waals surface area contributed by atoms with Gasteiger partial charge in [0.2, 0.25) is 13.4 Å². The summed E-state index contributed by atoms with van der Waals surface area (Å²) in [5, 5.41) is 0. The second-order valence-electron chi connectivity index (χ2n) is 22.0. The number of rotatable bonds is 6. The number of para-hydroxylation sites is 3. The van der Waals surface area contributed by atoms with E-state index < -0.39 is 0 Å². The average Bonchev–Trinajstić information content (AvgIpc) is 3.39. The van der Waals surface area contributed by atoms with Crippen LogP contribution in [0.5, 0.6) is 0 Å². The van der Waals surface area contributed by atoms with Crippen LogP contribution in [0.3, 0.4) is 0 Å². The molecule has 0 amide bonds. The summed E-state index contributed by atoms with van der Waals surface area (Å²) >= 11 is 0. The summed E-state index contributed by atoms with van der Waals surface area (Å²) in [4.78, 5) is 29.1. The Morgan fingerprint density at radius 2 is 0.732 bits per heavy atom. The van der Waals surface area contributed by atoms with Crippen LogP contribution in [0.1, 0.15) is 73.4 Å². The van der Waals surface area contributed by atoms with Crippen molar-refractivity contribution in [1.82, 2.24) is 0 Å². The van der Waals surface area contributed by atoms with Crippen LogP contribution in [0.15, 0.2) is 188 Å². The Morgan fingerprint density at radius 1 is 0.352 bits per heavy atom. The number of fused-ring (bicyclic) bond motifs is 8. The molecule has 9 aromatic rings. The second-order valence-corrected chi connectivity index (χ2v) is 22.0. The number of carbonyl (C=O) groups is 2. The van der Waals surface area contributed by atoms with E-state index in [2.05, 4.69) is 215 Å². The number of anilines is 6. The predicted molar refractivity (Wildman–Crippen MR) is 302 cm³/mol. The van der Waals surface area contributed by atoms with Crippen molar-refractivity contribution in [2.24, 2.45) is 0 Å². The van der Waals surface area contributed by atoms with Crippen LogP contribution < -0.4 is 59.0 Å². The maximum Gasteiger partial charge on any atom is 0.252 e. The van der Waals surface area contributed by atoms with Gasteiger partial charge in [0, 0.05) is 45.3 Å². The third kappa shape index (κ3) is 6.62. The van der Waals surface area contributed by atoms with Gasteiger partial charge in [-0.25, -0.2) is 0 Å². The van der Waals surface area contributed by atoms with E-state index >= 15 is 0 Å². The maximum absolute atomic E-state index is 12.0. The lowest BCUT2D eigenvalue weighted by molar-refractivity contribution is 0.111. The van der Waals surface area contributed by atoms with Gasteiger partial charge in [-0.15, -0.1) is 0 Å². The molecule has 338 valence electrons. The van der Waals surface area contributed by atoms with E-state index in [0.29, 0.717) is 11.1 Å². The van der Waals surface area contributed by atoms with Crippen molar-refractivity contribution in [2.75, 3.05) is 9.80 Å². The lowest BCUT2D eigenvalue weighted by atomic mass is 9.28. The Morgan fingerprint density at radius 3 is 1.18 bits per heavy atom. The summed E-state index contributed by atoms with van der Waals surface area (Å²) in [5.41, 5.74) is 26.8. The van der Waals surface area contributed by atoms with Gasteiger partial charge in [0.1, 0.15) is 12.6 Å². The third-order valence-corrected chi connectivity index (χ3v) is 15.8. The molecular weight excluding hydrogens is 861 g/mol. The molecule has 0 spiro atoms. The third-order valence-electron chi connectivity index (χ3n) is 15.8. The molecule has 0 saturated heterocycles. The lowest BCUT2D eigenvalue weighted by Crippen LogP contribution is -2.69. The second kappa shape index (κ2) is 15.8. The summed E-state index contributed by atoms with van der Waals surface area (Å²) in [6, 6.07) is 69.5. The molecule has 0 unspecified atom stereocenters. The van der Waals surface area contributed by atoms with Gasteiger partial charge in [-0.2, -0.15) is 0 Å². The van der Waals surface area contributed by atoms with Crippen molar-refractivity contribution >= 4 is 116 Å². The summed E-state index contributed by atoms with van der Waals surface area (Å²) < 4.78 is 0. The lowest BCUT2D eigenvalue weighted by Gasteiger charge is -2.50. The van der Waals surface area contributed by atoms with Crippen molar-refractivity contribution in [2.45, 2.75) is 52.4 Å². The zero-order chi connectivity index (χ0) is 48.5. The molecule has 0 atom stereocenters. The number of nitrogens with zero attached hydrogens (tertiary/aromatic N) is 2. The molecule has 0 radical (unpaired) electrons. The van der Waals surface area contributed by atoms with E-state index in [1.54, 1.807) is 0 Å². The summed E-state index contributed by atoms with van der Waals surface area (Å²) in [5.74, 6) is 0. The molecule has 4 nitrogen and oxygen atoms in total. The Kier molecular flexibility index (Phi) is 9.61. The molecule has 71 heavy (non-hydrogen) atoms. The zero-order valence-corrected chi connectivity index (χ0v) is 41.0. The van der Waals surface area contributed by atoms with Gasteiger partial charge < -0.3 is 9.80 Å². The normalized spacial score (nSPS) is 13.7. The van der Waals surface area contributed by atoms with Gasteiger partial charge in [0.25, 0.3) is 6.71 Å². The first kappa shape index (κ1) is 43.2. The Labute approximate surface area is 418 Å². The highest BCUT2D eigenvalue weighted by atomic mass is 16.1. The smallest absolute Gasteiger partial charge is 0.252 e. The summed E-state index contributed by atoms with van der Waals surface area (Å²) in [7, 11) is 0. The van der Waals surface area contributed by atoms with E-state index in [-0.39, 0.29) is 31.0 Å². The highest BCUT2D eigenvalue weighted by Gasteiger charge is 2.50. The minimum Gasteiger partial charge on any atom is -0.312 e. The van der Waals surface area contributed by atoms with Gasteiger partial charge in [-0.05, 0) is 107 Å². The van der Waals surface area contributed by atoms with E-state index in [0.717, 1.165) is 46.2 Å². The predicted octanol–water partition coefficient (Wildman–Crippen LogP) is 8.98. The fraction of sp³-hybridized carbons (Fsp3) is 0.125. The average molecular weight is 913 g/mol. The Balaban J connectivity index is 1.14. The maximum atomic E-state index is 12.0. The quantitative estimate of drug-likeness (QED) is 0.124. The van der Waals surface area contributed by atoms with Crippen LogP contribution in [0.2, 0.25) is 0 Å². The molecule has 0 saturated carbocycles. The molecule has 0 aromatic heterocycles. The van der Waals surface area contributed by atoms with E-state index in [4.69, 9.17) is 0 Å². The number of hydrogen-bond acceptors (Lipinski definition) is 4. The van der Waals surface area contributed by atoms with Crippen molar-refractivity contribution < 1.29 is 9.59 Å². The molecule has 0 fully saturated rings. The molecule has 0 bridgehead atoms. The number of benzene rings is 9. The van der Waals surface area contributed by atoms with Crippen LogP contribution >= 0.6 is 0 Å². The van der Waals surface area contributed by atoms with E-state index in [1.165, 1.54) is 83.0 Å². The SMILES string of the molecule is CC(C)(C)c1ccc(B2c3ccccc3N3c4cc(-c5ccc(C=O)cc5)cc5c4B(c4cccc2c43)c2cc(-c3ccc(C=O)cc3)cc3c2N5c2ccccc2B3c2ccc(C(C)(C)C)cc2)cc1. The first-order valence-electron chi connectivity index (χ1n) is 25.0. The molecule has 4 heterocycles. The van der Waals surface area contributed by atoms with Crippen molar-refractivity contribution in [3.05, 3.63) is 210 Å². The van der Waals surface area contributed by atoms with E-state index in [1.807, 2.05) is 24.3 Å². The van der Waals surface area contributed by atoms with Gasteiger partial charge in [0.15, 0.2) is 0 Å². The molecule has 7 heteroatoms. The summed E-state index contributed by atoms with van der Waals surface area (Å²) in [6.07, 6.45) is 1.84. The van der Waals surface area contributed by atoms with Crippen LogP contribution in [-0.2, 0) is 10.8 Å². The fourth-order valence-corrected chi connectivity index (χ4v) is 12.3. The van der Waals surface area contributed by atoms with Gasteiger partial charge in [-0.1, -0.05) is 216 Å². The molecule has 0 N–H and O–H groups in total. The van der Waals surface area contributed by atoms with Gasteiger partial charge in [-0.3, -0.25) is 9.59 Å². The van der Waals surface area contributed by atoms with Crippen molar-refractivity contribution in [3.63, 3.8) is 0 Å². The van der Waals surface area contributed by atoms with Gasteiger partial charge in [0.05, 0.1) is 0 Å². The zero-order valence-electron chi connectivity index (χ0n) is 41.0. The first-order chi connectivity index (χ1) is 34.4. The van der Waals surface area contributed by atoms with E-state index in [9.17, 15) is 9.59 Å². The highest BCUT2D eigenvalue weighted by Crippen LogP contribution is 2.47. The topological polar surface area (TPSA) is 40.6 Å². The van der Waals surface area contributed by atoms with Crippen LogP contribution in [0.25, 0.3) is 22.3 Å².